The molecule has 32 heavy (non-hydrogen) atoms. The number of rotatable bonds is 4. The number of amides is 1. The Morgan fingerprint density at radius 3 is 2.62 bits per heavy atom. The van der Waals surface area contributed by atoms with Crippen LogP contribution in [0.2, 0.25) is 0 Å². The molecule has 0 atom stereocenters. The standard InChI is InChI=1S/C26H27BN2O3/c28-16-18-3-1-4-20(13-18)19-9-11-29(12-10-19)26(30)23-6-2-5-21(14-23)22-7-8-25-24(15-22)17-32-27(25)31/h1-8,13-15,19,31H,9-12,16-17,28H2. The van der Waals surface area contributed by atoms with Crippen molar-refractivity contribution in [1.29, 1.82) is 0 Å². The van der Waals surface area contributed by atoms with Crippen LogP contribution in [0.3, 0.4) is 0 Å². The van der Waals surface area contributed by atoms with Crippen LogP contribution in [0.15, 0.2) is 66.7 Å². The summed E-state index contributed by atoms with van der Waals surface area (Å²) in [6, 6.07) is 22.2. The van der Waals surface area contributed by atoms with Gasteiger partial charge in [-0.25, -0.2) is 0 Å². The van der Waals surface area contributed by atoms with E-state index in [4.69, 9.17) is 10.4 Å². The van der Waals surface area contributed by atoms with Gasteiger partial charge in [0.05, 0.1) is 6.61 Å². The largest absolute Gasteiger partial charge is 0.491 e. The van der Waals surface area contributed by atoms with Gasteiger partial charge in [-0.3, -0.25) is 4.79 Å². The fraction of sp³-hybridized carbons (Fsp3) is 0.269. The Morgan fingerprint density at radius 1 is 1.03 bits per heavy atom. The lowest BCUT2D eigenvalue weighted by atomic mass is 9.79. The first kappa shape index (κ1) is 20.9. The molecule has 3 N–H and O–H groups in total. The lowest BCUT2D eigenvalue weighted by Crippen LogP contribution is -2.37. The third-order valence-electron chi connectivity index (χ3n) is 6.69. The summed E-state index contributed by atoms with van der Waals surface area (Å²) in [7, 11) is -0.840. The maximum absolute atomic E-state index is 13.2. The van der Waals surface area contributed by atoms with Crippen LogP contribution in [0.5, 0.6) is 0 Å². The van der Waals surface area contributed by atoms with Crippen LogP contribution in [0, 0.1) is 0 Å². The monoisotopic (exact) mass is 426 g/mol. The molecule has 0 unspecified atom stereocenters. The molecule has 2 aliphatic heterocycles. The molecule has 5 nitrogen and oxygen atoms in total. The fourth-order valence-corrected chi connectivity index (χ4v) is 4.81. The van der Waals surface area contributed by atoms with Crippen molar-refractivity contribution in [3.05, 3.63) is 89.0 Å². The predicted octanol–water partition coefficient (Wildman–Crippen LogP) is 3.05. The molecule has 5 rings (SSSR count). The van der Waals surface area contributed by atoms with Crippen LogP contribution in [0.25, 0.3) is 11.1 Å². The zero-order chi connectivity index (χ0) is 22.1. The van der Waals surface area contributed by atoms with Crippen molar-refractivity contribution in [2.24, 2.45) is 5.73 Å². The number of benzene rings is 3. The SMILES string of the molecule is NCc1cccc(C2CCN(C(=O)c3cccc(-c4ccc5c(c4)COB5O)c3)CC2)c1. The summed E-state index contributed by atoms with van der Waals surface area (Å²) in [5.74, 6) is 0.557. The van der Waals surface area contributed by atoms with Crippen molar-refractivity contribution < 1.29 is 14.5 Å². The fourth-order valence-electron chi connectivity index (χ4n) is 4.81. The predicted molar refractivity (Wildman–Crippen MR) is 126 cm³/mol. The maximum Gasteiger partial charge on any atom is 0.491 e. The highest BCUT2D eigenvalue weighted by Crippen LogP contribution is 2.30. The van der Waals surface area contributed by atoms with E-state index in [0.29, 0.717) is 24.6 Å². The van der Waals surface area contributed by atoms with E-state index in [1.54, 1.807) is 0 Å². The first-order chi connectivity index (χ1) is 15.6. The summed E-state index contributed by atoms with van der Waals surface area (Å²) in [6.07, 6.45) is 1.93. The Kier molecular flexibility index (Phi) is 5.83. The van der Waals surface area contributed by atoms with Gasteiger partial charge in [-0.05, 0) is 70.2 Å². The summed E-state index contributed by atoms with van der Waals surface area (Å²) in [6.45, 7) is 2.48. The van der Waals surface area contributed by atoms with Crippen molar-refractivity contribution >= 4 is 18.5 Å². The van der Waals surface area contributed by atoms with E-state index < -0.39 is 7.12 Å². The minimum absolute atomic E-state index is 0.0842. The number of carbonyl (C=O) groups excluding carboxylic acids is 1. The molecule has 3 aromatic rings. The summed E-state index contributed by atoms with van der Waals surface area (Å²) in [5.41, 5.74) is 12.8. The van der Waals surface area contributed by atoms with Crippen molar-refractivity contribution in [2.45, 2.75) is 31.9 Å². The van der Waals surface area contributed by atoms with Gasteiger partial charge in [-0.1, -0.05) is 48.5 Å². The Bertz CT molecular complexity index is 1140. The van der Waals surface area contributed by atoms with E-state index in [0.717, 1.165) is 53.6 Å². The van der Waals surface area contributed by atoms with E-state index in [1.165, 1.54) is 5.56 Å². The highest BCUT2D eigenvalue weighted by atomic mass is 16.5. The number of hydrogen-bond donors (Lipinski definition) is 2. The van der Waals surface area contributed by atoms with Crippen LogP contribution in [0.4, 0.5) is 0 Å². The van der Waals surface area contributed by atoms with Gasteiger partial charge in [-0.15, -0.1) is 0 Å². The number of piperidine rings is 1. The quantitative estimate of drug-likeness (QED) is 0.629. The molecule has 0 bridgehead atoms. The van der Waals surface area contributed by atoms with E-state index in [9.17, 15) is 9.82 Å². The lowest BCUT2D eigenvalue weighted by Gasteiger charge is -2.32. The highest BCUT2D eigenvalue weighted by molar-refractivity contribution is 6.61. The topological polar surface area (TPSA) is 75.8 Å². The molecule has 1 saturated heterocycles. The molecular weight excluding hydrogens is 399 g/mol. The Hall–Kier alpha value is -2.93. The summed E-state index contributed by atoms with van der Waals surface area (Å²) < 4.78 is 5.30. The molecule has 3 aromatic carbocycles. The number of nitrogens with two attached hydrogens (primary N) is 1. The number of likely N-dealkylation sites (tertiary alicyclic amines) is 1. The van der Waals surface area contributed by atoms with Crippen molar-refractivity contribution in [3.63, 3.8) is 0 Å². The maximum atomic E-state index is 13.2. The van der Waals surface area contributed by atoms with Crippen LogP contribution in [-0.2, 0) is 17.8 Å². The number of hydrogen-bond acceptors (Lipinski definition) is 4. The molecule has 0 radical (unpaired) electrons. The molecule has 0 aromatic heterocycles. The smallest absolute Gasteiger partial charge is 0.423 e. The number of fused-ring (bicyclic) bond motifs is 1. The highest BCUT2D eigenvalue weighted by Gasteiger charge is 2.28. The first-order valence-electron chi connectivity index (χ1n) is 11.2. The molecule has 0 aliphatic carbocycles. The number of nitrogens with zero attached hydrogens (tertiary/aromatic N) is 1. The van der Waals surface area contributed by atoms with Crippen LogP contribution in [0.1, 0.15) is 45.8 Å². The van der Waals surface area contributed by atoms with Gasteiger partial charge in [0.2, 0.25) is 0 Å². The summed E-state index contributed by atoms with van der Waals surface area (Å²) in [4.78, 5) is 15.2. The zero-order valence-corrected chi connectivity index (χ0v) is 18.0. The van der Waals surface area contributed by atoms with Gasteiger partial charge < -0.3 is 20.3 Å². The molecule has 1 fully saturated rings. The molecule has 162 valence electrons. The molecule has 1 amide bonds. The van der Waals surface area contributed by atoms with Gasteiger partial charge in [0.15, 0.2) is 0 Å². The third-order valence-corrected chi connectivity index (χ3v) is 6.69. The Morgan fingerprint density at radius 2 is 1.81 bits per heavy atom. The normalized spacial score (nSPS) is 16.3. The molecule has 0 spiro atoms. The minimum Gasteiger partial charge on any atom is -0.423 e. The average Bonchev–Trinajstić information content (AvgIpc) is 3.23. The molecule has 2 aliphatic rings. The third kappa shape index (κ3) is 4.09. The second-order valence-corrected chi connectivity index (χ2v) is 8.67. The zero-order valence-electron chi connectivity index (χ0n) is 18.0. The van der Waals surface area contributed by atoms with Crippen molar-refractivity contribution in [3.8, 4) is 11.1 Å². The molecular formula is C26H27BN2O3. The second kappa shape index (κ2) is 8.90. The van der Waals surface area contributed by atoms with Crippen molar-refractivity contribution in [1.82, 2.24) is 4.90 Å². The van der Waals surface area contributed by atoms with E-state index in [1.807, 2.05) is 47.4 Å². The van der Waals surface area contributed by atoms with Gasteiger partial charge in [0.25, 0.3) is 5.91 Å². The van der Waals surface area contributed by atoms with Gasteiger partial charge in [0, 0.05) is 25.2 Å². The van der Waals surface area contributed by atoms with E-state index >= 15 is 0 Å². The van der Waals surface area contributed by atoms with E-state index in [2.05, 4.69) is 24.3 Å². The van der Waals surface area contributed by atoms with Crippen LogP contribution in [-0.4, -0.2) is 36.0 Å². The molecule has 6 heteroatoms. The number of carbonyl (C=O) groups is 1. The Labute approximate surface area is 189 Å². The van der Waals surface area contributed by atoms with E-state index in [-0.39, 0.29) is 5.91 Å². The van der Waals surface area contributed by atoms with Gasteiger partial charge in [0.1, 0.15) is 0 Å². The molecule has 2 heterocycles. The lowest BCUT2D eigenvalue weighted by molar-refractivity contribution is 0.0713. The van der Waals surface area contributed by atoms with Crippen LogP contribution < -0.4 is 11.2 Å². The van der Waals surface area contributed by atoms with Crippen LogP contribution >= 0.6 is 0 Å². The second-order valence-electron chi connectivity index (χ2n) is 8.67. The first-order valence-corrected chi connectivity index (χ1v) is 11.2. The minimum atomic E-state index is -0.840. The molecule has 0 saturated carbocycles. The van der Waals surface area contributed by atoms with Crippen molar-refractivity contribution in [2.75, 3.05) is 13.1 Å². The van der Waals surface area contributed by atoms with Gasteiger partial charge >= 0.3 is 7.12 Å². The summed E-state index contributed by atoms with van der Waals surface area (Å²) >= 11 is 0. The Balaban J connectivity index is 1.28. The average molecular weight is 426 g/mol. The van der Waals surface area contributed by atoms with Gasteiger partial charge in [-0.2, -0.15) is 0 Å². The summed E-state index contributed by atoms with van der Waals surface area (Å²) in [5, 5.41) is 9.84.